The van der Waals surface area contributed by atoms with Gasteiger partial charge < -0.3 is 9.80 Å². The molecule has 6 heteroatoms. The number of hydrogen-bond donors (Lipinski definition) is 0. The number of hydrogen-bond acceptors (Lipinski definition) is 4. The molecule has 2 aliphatic heterocycles. The number of nitrogens with zero attached hydrogens (tertiary/aromatic N) is 4. The second-order valence-electron chi connectivity index (χ2n) is 7.12. The molecule has 24 heavy (non-hydrogen) atoms. The van der Waals surface area contributed by atoms with Crippen molar-refractivity contribution in [3.8, 4) is 6.07 Å². The number of likely N-dealkylation sites (N-methyl/N-ethyl adjacent to an activating group) is 1. The molecule has 0 radical (unpaired) electrons. The monoisotopic (exact) mass is 334 g/mol. The highest BCUT2D eigenvalue weighted by Crippen LogP contribution is 2.22. The zero-order chi connectivity index (χ0) is 17.5. The third-order valence-electron chi connectivity index (χ3n) is 5.39. The van der Waals surface area contributed by atoms with E-state index in [2.05, 4.69) is 11.0 Å². The third-order valence-corrected chi connectivity index (χ3v) is 5.39. The van der Waals surface area contributed by atoms with Crippen LogP contribution in [0, 0.1) is 17.2 Å². The van der Waals surface area contributed by atoms with E-state index in [0.29, 0.717) is 31.2 Å². The summed E-state index contributed by atoms with van der Waals surface area (Å²) in [6.45, 7) is 6.07. The van der Waals surface area contributed by atoms with Crippen LogP contribution in [0.5, 0.6) is 0 Å². The molecule has 1 atom stereocenters. The van der Waals surface area contributed by atoms with Gasteiger partial charge in [-0.25, -0.2) is 0 Å². The molecule has 0 bridgehead atoms. The Hall–Kier alpha value is -1.61. The molecular weight excluding hydrogens is 304 g/mol. The topological polar surface area (TPSA) is 67.7 Å². The van der Waals surface area contributed by atoms with Gasteiger partial charge in [-0.05, 0) is 51.6 Å². The van der Waals surface area contributed by atoms with E-state index in [-0.39, 0.29) is 11.9 Å². The van der Waals surface area contributed by atoms with Crippen molar-refractivity contribution in [1.82, 2.24) is 14.7 Å². The highest BCUT2D eigenvalue weighted by Gasteiger charge is 2.30. The van der Waals surface area contributed by atoms with E-state index in [1.54, 1.807) is 11.9 Å². The van der Waals surface area contributed by atoms with E-state index in [0.717, 1.165) is 51.9 Å². The SMILES string of the molecule is C[C@@H](C(=O)N(C)CCC#N)N1CCC(CN2CCCCC2=O)CC1. The first-order chi connectivity index (χ1) is 11.5. The number of likely N-dealkylation sites (tertiary alicyclic amines) is 2. The van der Waals surface area contributed by atoms with Crippen LogP contribution in [-0.4, -0.2) is 72.3 Å². The van der Waals surface area contributed by atoms with Gasteiger partial charge in [0.1, 0.15) is 0 Å². The van der Waals surface area contributed by atoms with Crippen LogP contribution in [0.4, 0.5) is 0 Å². The van der Waals surface area contributed by atoms with Crippen LogP contribution < -0.4 is 0 Å². The predicted octanol–water partition coefficient (Wildman–Crippen LogP) is 1.47. The molecule has 0 aromatic carbocycles. The normalized spacial score (nSPS) is 21.4. The van der Waals surface area contributed by atoms with Crippen molar-refractivity contribution < 1.29 is 9.59 Å². The maximum absolute atomic E-state index is 12.4. The Bertz CT molecular complexity index is 480. The highest BCUT2D eigenvalue weighted by molar-refractivity contribution is 5.81. The van der Waals surface area contributed by atoms with Crippen LogP contribution in [0.3, 0.4) is 0 Å². The van der Waals surface area contributed by atoms with Gasteiger partial charge in [0.05, 0.1) is 18.5 Å². The molecule has 2 heterocycles. The molecule has 6 nitrogen and oxygen atoms in total. The summed E-state index contributed by atoms with van der Waals surface area (Å²) >= 11 is 0. The fourth-order valence-corrected chi connectivity index (χ4v) is 3.69. The Morgan fingerprint density at radius 2 is 2.04 bits per heavy atom. The summed E-state index contributed by atoms with van der Waals surface area (Å²) in [6.07, 6.45) is 5.34. The lowest BCUT2D eigenvalue weighted by atomic mass is 9.94. The van der Waals surface area contributed by atoms with Gasteiger partial charge in [-0.3, -0.25) is 14.5 Å². The van der Waals surface area contributed by atoms with Gasteiger partial charge >= 0.3 is 0 Å². The van der Waals surface area contributed by atoms with Crippen molar-refractivity contribution in [3.63, 3.8) is 0 Å². The highest BCUT2D eigenvalue weighted by atomic mass is 16.2. The molecule has 2 amide bonds. The van der Waals surface area contributed by atoms with E-state index < -0.39 is 0 Å². The standard InChI is InChI=1S/C18H30N4O2/c1-15(18(24)20(2)10-5-9-19)21-12-7-16(8-13-21)14-22-11-4-3-6-17(22)23/h15-16H,3-8,10-14H2,1-2H3/t15-/m0/s1. The first-order valence-electron chi connectivity index (χ1n) is 9.16. The summed E-state index contributed by atoms with van der Waals surface area (Å²) in [4.78, 5) is 30.3. The lowest BCUT2D eigenvalue weighted by Crippen LogP contribution is -2.50. The summed E-state index contributed by atoms with van der Waals surface area (Å²) in [5.41, 5.74) is 0. The third kappa shape index (κ3) is 4.94. The van der Waals surface area contributed by atoms with Crippen LogP contribution in [0.2, 0.25) is 0 Å². The minimum absolute atomic E-state index is 0.0925. The molecule has 2 saturated heterocycles. The predicted molar refractivity (Wildman–Crippen MR) is 92.1 cm³/mol. The van der Waals surface area contributed by atoms with Crippen molar-refractivity contribution in [1.29, 1.82) is 5.26 Å². The van der Waals surface area contributed by atoms with Gasteiger partial charge in [-0.15, -0.1) is 0 Å². The Morgan fingerprint density at radius 3 is 2.67 bits per heavy atom. The molecule has 0 aliphatic carbocycles. The first-order valence-corrected chi connectivity index (χ1v) is 9.16. The first kappa shape index (κ1) is 18.7. The minimum Gasteiger partial charge on any atom is -0.343 e. The van der Waals surface area contributed by atoms with Gasteiger partial charge in [0, 0.05) is 33.1 Å². The van der Waals surface area contributed by atoms with Gasteiger partial charge in [0.15, 0.2) is 0 Å². The van der Waals surface area contributed by atoms with Crippen LogP contribution >= 0.6 is 0 Å². The number of carbonyl (C=O) groups excluding carboxylic acids is 2. The largest absolute Gasteiger partial charge is 0.343 e. The average molecular weight is 334 g/mol. The van der Waals surface area contributed by atoms with E-state index >= 15 is 0 Å². The summed E-state index contributed by atoms with van der Waals surface area (Å²) in [5, 5.41) is 8.64. The molecule has 2 fully saturated rings. The van der Waals surface area contributed by atoms with Crippen LogP contribution in [-0.2, 0) is 9.59 Å². The average Bonchev–Trinajstić information content (AvgIpc) is 2.61. The van der Waals surface area contributed by atoms with Gasteiger partial charge in [-0.2, -0.15) is 5.26 Å². The van der Waals surface area contributed by atoms with Crippen molar-refractivity contribution in [2.75, 3.05) is 39.8 Å². The summed E-state index contributed by atoms with van der Waals surface area (Å²) < 4.78 is 0. The summed E-state index contributed by atoms with van der Waals surface area (Å²) in [7, 11) is 1.77. The lowest BCUT2D eigenvalue weighted by molar-refractivity contribution is -0.135. The van der Waals surface area contributed by atoms with Crippen LogP contribution in [0.15, 0.2) is 0 Å². The molecule has 0 aromatic rings. The Morgan fingerprint density at radius 1 is 1.33 bits per heavy atom. The number of carbonyl (C=O) groups is 2. The Labute approximate surface area is 145 Å². The minimum atomic E-state index is -0.133. The molecule has 0 spiro atoms. The summed E-state index contributed by atoms with van der Waals surface area (Å²) in [5.74, 6) is 0.961. The van der Waals surface area contributed by atoms with Crippen LogP contribution in [0.1, 0.15) is 45.4 Å². The van der Waals surface area contributed by atoms with Crippen molar-refractivity contribution in [3.05, 3.63) is 0 Å². The van der Waals surface area contributed by atoms with E-state index in [9.17, 15) is 9.59 Å². The van der Waals surface area contributed by atoms with Crippen molar-refractivity contribution >= 4 is 11.8 Å². The number of piperidine rings is 2. The number of nitriles is 1. The van der Waals surface area contributed by atoms with Gasteiger partial charge in [-0.1, -0.05) is 0 Å². The van der Waals surface area contributed by atoms with Crippen LogP contribution in [0.25, 0.3) is 0 Å². The van der Waals surface area contributed by atoms with E-state index in [1.807, 2.05) is 11.8 Å². The molecule has 134 valence electrons. The lowest BCUT2D eigenvalue weighted by Gasteiger charge is -2.38. The number of rotatable bonds is 6. The molecular formula is C18H30N4O2. The molecule has 0 saturated carbocycles. The fourth-order valence-electron chi connectivity index (χ4n) is 3.69. The van der Waals surface area contributed by atoms with Crippen molar-refractivity contribution in [2.24, 2.45) is 5.92 Å². The Kier molecular flexibility index (Phi) is 7.04. The molecule has 2 rings (SSSR count). The van der Waals surface area contributed by atoms with Crippen molar-refractivity contribution in [2.45, 2.75) is 51.5 Å². The van der Waals surface area contributed by atoms with Gasteiger partial charge in [0.2, 0.25) is 11.8 Å². The van der Waals surface area contributed by atoms with E-state index in [4.69, 9.17) is 5.26 Å². The number of amides is 2. The van der Waals surface area contributed by atoms with E-state index in [1.165, 1.54) is 0 Å². The molecule has 2 aliphatic rings. The molecule has 0 N–H and O–H groups in total. The molecule has 0 aromatic heterocycles. The maximum atomic E-state index is 12.4. The zero-order valence-corrected chi connectivity index (χ0v) is 15.0. The maximum Gasteiger partial charge on any atom is 0.239 e. The summed E-state index contributed by atoms with van der Waals surface area (Å²) in [6, 6.07) is 1.95. The second-order valence-corrected chi connectivity index (χ2v) is 7.12. The quantitative estimate of drug-likeness (QED) is 0.738. The van der Waals surface area contributed by atoms with Gasteiger partial charge in [0.25, 0.3) is 0 Å². The second kappa shape index (κ2) is 9.03. The zero-order valence-electron chi connectivity index (χ0n) is 15.0. The Balaban J connectivity index is 1.76. The smallest absolute Gasteiger partial charge is 0.239 e. The fraction of sp³-hybridized carbons (Fsp3) is 0.833. The molecule has 0 unspecified atom stereocenters.